The molecule has 0 radical (unpaired) electrons. The van der Waals surface area contributed by atoms with Crippen molar-refractivity contribution in [2.45, 2.75) is 24.3 Å². The summed E-state index contributed by atoms with van der Waals surface area (Å²) in [6.07, 6.45) is 1.14. The number of nitriles is 1. The van der Waals surface area contributed by atoms with Crippen LogP contribution in [0.5, 0.6) is 0 Å². The van der Waals surface area contributed by atoms with Gasteiger partial charge in [0.2, 0.25) is 10.0 Å². The third kappa shape index (κ3) is 4.11. The molecule has 0 saturated carbocycles. The number of aromatic nitrogens is 1. The Morgan fingerprint density at radius 3 is 2.59 bits per heavy atom. The first-order valence-corrected chi connectivity index (χ1v) is 6.38. The highest BCUT2D eigenvalue weighted by atomic mass is 32.2. The smallest absolute Gasteiger partial charge is 0.242 e. The van der Waals surface area contributed by atoms with Crippen molar-refractivity contribution >= 4 is 10.0 Å². The fourth-order valence-corrected chi connectivity index (χ4v) is 2.14. The number of nitrogens with two attached hydrogens (primary N) is 1. The summed E-state index contributed by atoms with van der Waals surface area (Å²) in [4.78, 5) is 3.71. The van der Waals surface area contributed by atoms with E-state index in [0.717, 1.165) is 6.20 Å². The summed E-state index contributed by atoms with van der Waals surface area (Å²) in [5.41, 5.74) is 5.22. The zero-order valence-electron chi connectivity index (χ0n) is 9.64. The van der Waals surface area contributed by atoms with Crippen LogP contribution in [-0.4, -0.2) is 25.5 Å². The van der Waals surface area contributed by atoms with Crippen molar-refractivity contribution in [1.29, 1.82) is 5.26 Å². The van der Waals surface area contributed by atoms with E-state index in [1.807, 2.05) is 6.07 Å². The summed E-state index contributed by atoms with van der Waals surface area (Å²) in [6, 6.07) is 4.50. The first-order chi connectivity index (χ1) is 7.74. The number of hydrogen-bond donors (Lipinski definition) is 2. The minimum Gasteiger partial charge on any atom is -0.324 e. The van der Waals surface area contributed by atoms with Crippen LogP contribution in [0.25, 0.3) is 0 Å². The number of hydrogen-bond acceptors (Lipinski definition) is 5. The predicted octanol–water partition coefficient (Wildman–Crippen LogP) is -0.0311. The third-order valence-corrected chi connectivity index (χ3v) is 3.27. The molecule has 0 aromatic carbocycles. The van der Waals surface area contributed by atoms with E-state index >= 15 is 0 Å². The Kier molecular flexibility index (Phi) is 3.83. The second kappa shape index (κ2) is 4.79. The SMILES string of the molecule is CC(C)(N)CNS(=O)(=O)c1ccc(C#N)nc1. The molecule has 0 spiro atoms. The van der Waals surface area contributed by atoms with Crippen LogP contribution in [0.15, 0.2) is 23.2 Å². The van der Waals surface area contributed by atoms with E-state index in [1.54, 1.807) is 13.8 Å². The van der Waals surface area contributed by atoms with Gasteiger partial charge in [0.15, 0.2) is 0 Å². The van der Waals surface area contributed by atoms with Crippen molar-refractivity contribution in [3.05, 3.63) is 24.0 Å². The number of rotatable bonds is 4. The maximum absolute atomic E-state index is 11.8. The molecule has 0 amide bonds. The van der Waals surface area contributed by atoms with Gasteiger partial charge in [-0.2, -0.15) is 5.26 Å². The Morgan fingerprint density at radius 1 is 1.53 bits per heavy atom. The standard InChI is InChI=1S/C10H14N4O2S/c1-10(2,12)7-14-17(15,16)9-4-3-8(5-11)13-6-9/h3-4,6,14H,7,12H2,1-2H3. The Balaban J connectivity index is 2.87. The Morgan fingerprint density at radius 2 is 2.18 bits per heavy atom. The maximum Gasteiger partial charge on any atom is 0.242 e. The van der Waals surface area contributed by atoms with Crippen molar-refractivity contribution in [2.24, 2.45) is 5.73 Å². The molecular formula is C10H14N4O2S. The van der Waals surface area contributed by atoms with Crippen LogP contribution in [0.3, 0.4) is 0 Å². The van der Waals surface area contributed by atoms with E-state index in [9.17, 15) is 8.42 Å². The minimum atomic E-state index is -3.62. The molecule has 1 heterocycles. The summed E-state index contributed by atoms with van der Waals surface area (Å²) in [7, 11) is -3.62. The summed E-state index contributed by atoms with van der Waals surface area (Å²) in [6.45, 7) is 3.55. The second-order valence-corrected chi connectivity index (χ2v) is 6.07. The van der Waals surface area contributed by atoms with Gasteiger partial charge < -0.3 is 5.73 Å². The van der Waals surface area contributed by atoms with E-state index in [0.29, 0.717) is 0 Å². The molecule has 0 bridgehead atoms. The Hall–Kier alpha value is -1.49. The Bertz CT molecular complexity index is 523. The summed E-state index contributed by atoms with van der Waals surface area (Å²) in [5.74, 6) is 0. The largest absolute Gasteiger partial charge is 0.324 e. The molecule has 0 aliphatic heterocycles. The molecule has 7 heteroatoms. The summed E-state index contributed by atoms with van der Waals surface area (Å²) < 4.78 is 26.0. The van der Waals surface area contributed by atoms with Gasteiger partial charge in [-0.05, 0) is 26.0 Å². The minimum absolute atomic E-state index is 0.0146. The molecule has 0 atom stereocenters. The van der Waals surface area contributed by atoms with E-state index in [-0.39, 0.29) is 17.1 Å². The molecule has 0 saturated heterocycles. The highest BCUT2D eigenvalue weighted by molar-refractivity contribution is 7.89. The predicted molar refractivity (Wildman–Crippen MR) is 62.4 cm³/mol. The van der Waals surface area contributed by atoms with Crippen molar-refractivity contribution in [1.82, 2.24) is 9.71 Å². The summed E-state index contributed by atoms with van der Waals surface area (Å²) >= 11 is 0. The molecule has 0 fully saturated rings. The van der Waals surface area contributed by atoms with Gasteiger partial charge in [-0.25, -0.2) is 18.1 Å². The van der Waals surface area contributed by atoms with Gasteiger partial charge in [0, 0.05) is 18.3 Å². The van der Waals surface area contributed by atoms with Crippen molar-refractivity contribution in [2.75, 3.05) is 6.54 Å². The van der Waals surface area contributed by atoms with E-state index in [4.69, 9.17) is 11.0 Å². The van der Waals surface area contributed by atoms with Crippen LogP contribution >= 0.6 is 0 Å². The fraction of sp³-hybridized carbons (Fsp3) is 0.400. The van der Waals surface area contributed by atoms with Gasteiger partial charge in [-0.15, -0.1) is 0 Å². The second-order valence-electron chi connectivity index (χ2n) is 4.30. The molecule has 17 heavy (non-hydrogen) atoms. The topological polar surface area (TPSA) is 109 Å². The maximum atomic E-state index is 11.8. The number of nitrogens with zero attached hydrogens (tertiary/aromatic N) is 2. The molecule has 1 aromatic heterocycles. The Labute approximate surface area is 101 Å². The number of pyridine rings is 1. The molecule has 0 aliphatic rings. The quantitative estimate of drug-likeness (QED) is 0.784. The van der Waals surface area contributed by atoms with Gasteiger partial charge in [0.25, 0.3) is 0 Å². The third-order valence-electron chi connectivity index (χ3n) is 1.88. The zero-order chi connectivity index (χ0) is 13.1. The van der Waals surface area contributed by atoms with E-state index in [2.05, 4.69) is 9.71 Å². The van der Waals surface area contributed by atoms with Crippen molar-refractivity contribution < 1.29 is 8.42 Å². The number of sulfonamides is 1. The summed E-state index contributed by atoms with van der Waals surface area (Å²) in [5, 5.41) is 8.55. The van der Waals surface area contributed by atoms with Crippen LogP contribution in [0.1, 0.15) is 19.5 Å². The van der Waals surface area contributed by atoms with Crippen LogP contribution < -0.4 is 10.5 Å². The number of nitrogens with one attached hydrogen (secondary N) is 1. The molecule has 0 aliphatic carbocycles. The molecule has 0 unspecified atom stereocenters. The normalized spacial score (nSPS) is 12.1. The van der Waals surface area contributed by atoms with Crippen LogP contribution in [0, 0.1) is 11.3 Å². The molecule has 1 rings (SSSR count). The lowest BCUT2D eigenvalue weighted by Crippen LogP contribution is -2.45. The first kappa shape index (κ1) is 13.6. The highest BCUT2D eigenvalue weighted by Crippen LogP contribution is 2.08. The average Bonchev–Trinajstić information content (AvgIpc) is 2.26. The van der Waals surface area contributed by atoms with E-state index < -0.39 is 15.6 Å². The molecule has 6 nitrogen and oxygen atoms in total. The van der Waals surface area contributed by atoms with Crippen molar-refractivity contribution in [3.8, 4) is 6.07 Å². The molecule has 3 N–H and O–H groups in total. The van der Waals surface area contributed by atoms with Gasteiger partial charge in [-0.3, -0.25) is 0 Å². The monoisotopic (exact) mass is 254 g/mol. The van der Waals surface area contributed by atoms with Crippen LogP contribution in [-0.2, 0) is 10.0 Å². The van der Waals surface area contributed by atoms with Gasteiger partial charge >= 0.3 is 0 Å². The van der Waals surface area contributed by atoms with E-state index in [1.165, 1.54) is 12.1 Å². The lowest BCUT2D eigenvalue weighted by Gasteiger charge is -2.18. The fourth-order valence-electron chi connectivity index (χ4n) is 0.970. The van der Waals surface area contributed by atoms with Gasteiger partial charge in [0.1, 0.15) is 16.7 Å². The molecular weight excluding hydrogens is 240 g/mol. The van der Waals surface area contributed by atoms with Crippen molar-refractivity contribution in [3.63, 3.8) is 0 Å². The zero-order valence-corrected chi connectivity index (χ0v) is 10.5. The molecule has 92 valence electrons. The van der Waals surface area contributed by atoms with Crippen LogP contribution in [0.2, 0.25) is 0 Å². The van der Waals surface area contributed by atoms with Crippen LogP contribution in [0.4, 0.5) is 0 Å². The molecule has 1 aromatic rings. The highest BCUT2D eigenvalue weighted by Gasteiger charge is 2.18. The lowest BCUT2D eigenvalue weighted by molar-refractivity contribution is 0.498. The van der Waals surface area contributed by atoms with Gasteiger partial charge in [0.05, 0.1) is 0 Å². The van der Waals surface area contributed by atoms with Gasteiger partial charge in [-0.1, -0.05) is 0 Å². The average molecular weight is 254 g/mol. The lowest BCUT2D eigenvalue weighted by atomic mass is 10.1. The first-order valence-electron chi connectivity index (χ1n) is 4.89.